The zero-order chi connectivity index (χ0) is 13.3. The maximum Gasteiger partial charge on any atom is 0.323 e. The highest BCUT2D eigenvalue weighted by atomic mass is 16.5. The fraction of sp³-hybridized carbons (Fsp3) is 0.333. The number of fused-ring (bicyclic) bond motifs is 1. The largest absolute Gasteiger partial charge is 0.480 e. The number of nitrogens with two attached hydrogens (primary N) is 1. The highest BCUT2D eigenvalue weighted by Gasteiger charge is 2.35. The van der Waals surface area contributed by atoms with E-state index in [-0.39, 0.29) is 5.91 Å². The van der Waals surface area contributed by atoms with Gasteiger partial charge in [0.25, 0.3) is 5.91 Å². The van der Waals surface area contributed by atoms with Gasteiger partial charge in [0.15, 0.2) is 6.10 Å². The van der Waals surface area contributed by atoms with Gasteiger partial charge in [0.2, 0.25) is 0 Å². The Hall–Kier alpha value is -2.24. The van der Waals surface area contributed by atoms with Crippen molar-refractivity contribution in [3.63, 3.8) is 0 Å². The molecule has 0 bridgehead atoms. The number of amides is 1. The van der Waals surface area contributed by atoms with Gasteiger partial charge in [-0.05, 0) is 18.6 Å². The highest BCUT2D eigenvalue weighted by Crippen LogP contribution is 2.39. The molecule has 0 aromatic heterocycles. The fourth-order valence-corrected chi connectivity index (χ4v) is 1.96. The molecule has 2 rings (SSSR count). The molecule has 1 aromatic rings. The summed E-state index contributed by atoms with van der Waals surface area (Å²) in [7, 11) is 0. The molecule has 0 spiro atoms. The van der Waals surface area contributed by atoms with Gasteiger partial charge >= 0.3 is 5.97 Å². The molecule has 0 saturated carbocycles. The van der Waals surface area contributed by atoms with E-state index < -0.39 is 18.6 Å². The van der Waals surface area contributed by atoms with E-state index in [0.717, 1.165) is 0 Å². The Kier molecular flexibility index (Phi) is 3.10. The minimum Gasteiger partial charge on any atom is -0.480 e. The van der Waals surface area contributed by atoms with E-state index in [4.69, 9.17) is 15.6 Å². The lowest BCUT2D eigenvalue weighted by Gasteiger charge is -2.33. The van der Waals surface area contributed by atoms with Crippen LogP contribution in [0.3, 0.4) is 0 Å². The lowest BCUT2D eigenvalue weighted by molar-refractivity contribution is -0.137. The van der Waals surface area contributed by atoms with E-state index in [1.807, 2.05) is 0 Å². The SMILES string of the molecule is CCC1Oc2cccc(N)c2N(CC(=O)O)C1=O. The number of hydrogen-bond acceptors (Lipinski definition) is 4. The van der Waals surface area contributed by atoms with Gasteiger partial charge in [0, 0.05) is 0 Å². The van der Waals surface area contributed by atoms with Crippen molar-refractivity contribution in [2.75, 3.05) is 17.2 Å². The maximum absolute atomic E-state index is 12.1. The first kappa shape index (κ1) is 12.2. The van der Waals surface area contributed by atoms with Crippen LogP contribution in [0, 0.1) is 0 Å². The molecular formula is C12H14N2O4. The third-order valence-corrected chi connectivity index (χ3v) is 2.77. The summed E-state index contributed by atoms with van der Waals surface area (Å²) in [6.07, 6.45) is -0.179. The van der Waals surface area contributed by atoms with Crippen molar-refractivity contribution in [2.24, 2.45) is 0 Å². The molecule has 1 aliphatic rings. The summed E-state index contributed by atoms with van der Waals surface area (Å²) in [5, 5.41) is 8.88. The van der Waals surface area contributed by atoms with Crippen LogP contribution in [0.4, 0.5) is 11.4 Å². The van der Waals surface area contributed by atoms with Crippen LogP contribution in [0.5, 0.6) is 5.75 Å². The number of nitrogen functional groups attached to an aromatic ring is 1. The molecule has 6 nitrogen and oxygen atoms in total. The van der Waals surface area contributed by atoms with Crippen molar-refractivity contribution in [2.45, 2.75) is 19.4 Å². The molecule has 3 N–H and O–H groups in total. The van der Waals surface area contributed by atoms with Gasteiger partial charge in [-0.2, -0.15) is 0 Å². The van der Waals surface area contributed by atoms with E-state index in [1.54, 1.807) is 25.1 Å². The van der Waals surface area contributed by atoms with Crippen LogP contribution in [0.2, 0.25) is 0 Å². The number of carboxylic acid groups (broad SMARTS) is 1. The van der Waals surface area contributed by atoms with Crippen LogP contribution in [-0.4, -0.2) is 29.6 Å². The predicted octanol–water partition coefficient (Wildman–Crippen LogP) is 0.857. The number of carbonyl (C=O) groups is 2. The Labute approximate surface area is 104 Å². The Morgan fingerprint density at radius 1 is 1.56 bits per heavy atom. The monoisotopic (exact) mass is 250 g/mol. The Morgan fingerprint density at radius 3 is 2.89 bits per heavy atom. The fourth-order valence-electron chi connectivity index (χ4n) is 1.96. The summed E-state index contributed by atoms with van der Waals surface area (Å²) in [5.74, 6) is -1.01. The van der Waals surface area contributed by atoms with Gasteiger partial charge in [-0.25, -0.2) is 0 Å². The van der Waals surface area contributed by atoms with Crippen molar-refractivity contribution in [1.29, 1.82) is 0 Å². The molecule has 1 unspecified atom stereocenters. The lowest BCUT2D eigenvalue weighted by Crippen LogP contribution is -2.48. The zero-order valence-corrected chi connectivity index (χ0v) is 9.92. The molecule has 1 atom stereocenters. The Morgan fingerprint density at radius 2 is 2.28 bits per heavy atom. The number of ether oxygens (including phenoxy) is 1. The number of carboxylic acids is 1. The number of hydrogen-bond donors (Lipinski definition) is 2. The second kappa shape index (κ2) is 4.56. The minimum atomic E-state index is -1.09. The molecule has 1 aromatic carbocycles. The number of carbonyl (C=O) groups excluding carboxylic acids is 1. The summed E-state index contributed by atoms with van der Waals surface area (Å²) in [6, 6.07) is 4.99. The third-order valence-electron chi connectivity index (χ3n) is 2.77. The quantitative estimate of drug-likeness (QED) is 0.776. The van der Waals surface area contributed by atoms with Crippen LogP contribution in [-0.2, 0) is 9.59 Å². The van der Waals surface area contributed by atoms with E-state index in [9.17, 15) is 9.59 Å². The van der Waals surface area contributed by atoms with E-state index in [2.05, 4.69) is 0 Å². The van der Waals surface area contributed by atoms with Crippen LogP contribution >= 0.6 is 0 Å². The van der Waals surface area contributed by atoms with E-state index >= 15 is 0 Å². The topological polar surface area (TPSA) is 92.9 Å². The number of rotatable bonds is 3. The summed E-state index contributed by atoms with van der Waals surface area (Å²) in [5.41, 5.74) is 6.46. The average Bonchev–Trinajstić information content (AvgIpc) is 2.32. The first-order valence-corrected chi connectivity index (χ1v) is 5.63. The molecule has 1 amide bonds. The standard InChI is InChI=1S/C12H14N2O4/c1-2-8-12(17)14(6-10(15)16)11-7(13)4-3-5-9(11)18-8/h3-5,8H,2,6,13H2,1H3,(H,15,16). The first-order chi connectivity index (χ1) is 8.54. The first-order valence-electron chi connectivity index (χ1n) is 5.63. The number of aliphatic carboxylic acids is 1. The number of benzene rings is 1. The van der Waals surface area contributed by atoms with Crippen molar-refractivity contribution in [1.82, 2.24) is 0 Å². The molecule has 0 aliphatic carbocycles. The number of para-hydroxylation sites is 1. The minimum absolute atomic E-state index is 0.330. The number of nitrogens with zero attached hydrogens (tertiary/aromatic N) is 1. The normalized spacial score (nSPS) is 18.2. The van der Waals surface area contributed by atoms with Crippen LogP contribution in [0.25, 0.3) is 0 Å². The molecule has 0 saturated heterocycles. The van der Waals surface area contributed by atoms with Gasteiger partial charge in [0.1, 0.15) is 18.0 Å². The smallest absolute Gasteiger partial charge is 0.323 e. The zero-order valence-electron chi connectivity index (χ0n) is 9.92. The third kappa shape index (κ3) is 1.97. The van der Waals surface area contributed by atoms with Crippen molar-refractivity contribution in [3.8, 4) is 5.75 Å². The molecule has 0 radical (unpaired) electrons. The average molecular weight is 250 g/mol. The van der Waals surface area contributed by atoms with E-state index in [0.29, 0.717) is 23.5 Å². The predicted molar refractivity (Wildman–Crippen MR) is 65.6 cm³/mol. The molecule has 6 heteroatoms. The van der Waals surface area contributed by atoms with Crippen molar-refractivity contribution >= 4 is 23.3 Å². The van der Waals surface area contributed by atoms with Gasteiger partial charge < -0.3 is 15.6 Å². The Bertz CT molecular complexity index is 501. The summed E-state index contributed by atoms with van der Waals surface area (Å²) >= 11 is 0. The van der Waals surface area contributed by atoms with Gasteiger partial charge in [-0.3, -0.25) is 14.5 Å². The van der Waals surface area contributed by atoms with Crippen LogP contribution < -0.4 is 15.4 Å². The molecule has 18 heavy (non-hydrogen) atoms. The highest BCUT2D eigenvalue weighted by molar-refractivity contribution is 6.05. The second-order valence-corrected chi connectivity index (χ2v) is 4.03. The van der Waals surface area contributed by atoms with Gasteiger partial charge in [0.05, 0.1) is 5.69 Å². The summed E-state index contributed by atoms with van der Waals surface area (Å²) < 4.78 is 5.52. The van der Waals surface area contributed by atoms with Gasteiger partial charge in [-0.15, -0.1) is 0 Å². The molecule has 0 fully saturated rings. The van der Waals surface area contributed by atoms with Crippen LogP contribution in [0.15, 0.2) is 18.2 Å². The molecular weight excluding hydrogens is 236 g/mol. The van der Waals surface area contributed by atoms with Crippen molar-refractivity contribution < 1.29 is 19.4 Å². The van der Waals surface area contributed by atoms with Gasteiger partial charge in [-0.1, -0.05) is 13.0 Å². The Balaban J connectivity index is 2.49. The second-order valence-electron chi connectivity index (χ2n) is 4.03. The van der Waals surface area contributed by atoms with Crippen LogP contribution in [0.1, 0.15) is 13.3 Å². The van der Waals surface area contributed by atoms with E-state index in [1.165, 1.54) is 4.90 Å². The maximum atomic E-state index is 12.1. The molecule has 96 valence electrons. The lowest BCUT2D eigenvalue weighted by atomic mass is 10.1. The molecule has 1 aliphatic heterocycles. The summed E-state index contributed by atoms with van der Waals surface area (Å²) in [6.45, 7) is 1.39. The number of anilines is 2. The summed E-state index contributed by atoms with van der Waals surface area (Å²) in [4.78, 5) is 24.1. The molecule has 1 heterocycles. The van der Waals surface area contributed by atoms with Crippen molar-refractivity contribution in [3.05, 3.63) is 18.2 Å².